The molecule has 0 amide bonds. The lowest BCUT2D eigenvalue weighted by Crippen LogP contribution is -2.54. The second-order valence-corrected chi connectivity index (χ2v) is 6.36. The van der Waals surface area contributed by atoms with Gasteiger partial charge in [0.25, 0.3) is 0 Å². The van der Waals surface area contributed by atoms with E-state index in [4.69, 9.17) is 0 Å². The highest BCUT2D eigenvalue weighted by molar-refractivity contribution is 14.0. The summed E-state index contributed by atoms with van der Waals surface area (Å²) in [7, 11) is 1.81. The molecule has 1 unspecified atom stereocenters. The highest BCUT2D eigenvalue weighted by Crippen LogP contribution is 2.31. The summed E-state index contributed by atoms with van der Waals surface area (Å²) in [4.78, 5) is 4.27. The summed E-state index contributed by atoms with van der Waals surface area (Å²) in [6, 6.07) is 11.0. The van der Waals surface area contributed by atoms with Crippen molar-refractivity contribution >= 4 is 29.9 Å². The van der Waals surface area contributed by atoms with E-state index in [1.165, 1.54) is 31.2 Å². The summed E-state index contributed by atoms with van der Waals surface area (Å²) in [5.74, 6) is 0.838. The van der Waals surface area contributed by atoms with Crippen molar-refractivity contribution in [3.8, 4) is 0 Å². The molecule has 1 aliphatic carbocycles. The van der Waals surface area contributed by atoms with E-state index in [0.717, 1.165) is 19.0 Å². The van der Waals surface area contributed by atoms with Crippen LogP contribution in [0.25, 0.3) is 0 Å². The number of aliphatic imine (C=N–C) groups is 1. The molecule has 1 atom stereocenters. The third-order valence-corrected chi connectivity index (χ3v) is 4.61. The van der Waals surface area contributed by atoms with Gasteiger partial charge in [0.05, 0.1) is 0 Å². The number of halogens is 1. The van der Waals surface area contributed by atoms with Crippen LogP contribution in [0, 0.1) is 0 Å². The fourth-order valence-corrected chi connectivity index (χ4v) is 3.35. The van der Waals surface area contributed by atoms with Gasteiger partial charge in [-0.2, -0.15) is 0 Å². The second kappa shape index (κ2) is 10.7. The standard InChI is InChI=1S/C19H30N4.HI/c1-4-14-21-18(20-3)22-15-19(12-8-9-13-19)23-16(2)17-10-6-5-7-11-17;/h4-7,10-11,16,23H,1,8-9,12-15H2,2-3H3,(H2,20,21,22);1H. The van der Waals surface area contributed by atoms with E-state index in [0.29, 0.717) is 6.04 Å². The quantitative estimate of drug-likeness (QED) is 0.262. The van der Waals surface area contributed by atoms with Crippen LogP contribution >= 0.6 is 24.0 Å². The zero-order valence-corrected chi connectivity index (χ0v) is 17.2. The van der Waals surface area contributed by atoms with Crippen LogP contribution in [-0.4, -0.2) is 31.6 Å². The molecule has 0 heterocycles. The first-order chi connectivity index (χ1) is 11.2. The molecule has 0 saturated heterocycles. The molecule has 1 saturated carbocycles. The Morgan fingerprint density at radius 3 is 2.50 bits per heavy atom. The van der Waals surface area contributed by atoms with Gasteiger partial charge in [0.15, 0.2) is 5.96 Å². The normalized spacial score (nSPS) is 17.7. The monoisotopic (exact) mass is 442 g/mol. The van der Waals surface area contributed by atoms with Gasteiger partial charge in [-0.05, 0) is 25.3 Å². The molecule has 0 aliphatic heterocycles. The molecule has 2 rings (SSSR count). The summed E-state index contributed by atoms with van der Waals surface area (Å²) >= 11 is 0. The molecule has 0 spiro atoms. The lowest BCUT2D eigenvalue weighted by Gasteiger charge is -2.34. The Morgan fingerprint density at radius 1 is 1.25 bits per heavy atom. The zero-order chi connectivity index (χ0) is 16.5. The van der Waals surface area contributed by atoms with E-state index in [2.05, 4.69) is 64.8 Å². The van der Waals surface area contributed by atoms with E-state index in [1.54, 1.807) is 7.05 Å². The maximum atomic E-state index is 4.27. The first-order valence-corrected chi connectivity index (χ1v) is 8.57. The number of hydrogen-bond donors (Lipinski definition) is 3. The van der Waals surface area contributed by atoms with Crippen molar-refractivity contribution in [2.24, 2.45) is 4.99 Å². The highest BCUT2D eigenvalue weighted by atomic mass is 127. The van der Waals surface area contributed by atoms with Gasteiger partial charge in [-0.25, -0.2) is 0 Å². The summed E-state index contributed by atoms with van der Waals surface area (Å²) < 4.78 is 0. The van der Waals surface area contributed by atoms with Crippen molar-refractivity contribution in [1.29, 1.82) is 0 Å². The van der Waals surface area contributed by atoms with Crippen molar-refractivity contribution in [1.82, 2.24) is 16.0 Å². The zero-order valence-electron chi connectivity index (χ0n) is 14.8. The van der Waals surface area contributed by atoms with E-state index in [9.17, 15) is 0 Å². The fraction of sp³-hybridized carbons (Fsp3) is 0.526. The maximum Gasteiger partial charge on any atom is 0.191 e. The first kappa shape index (κ1) is 21.0. The van der Waals surface area contributed by atoms with Gasteiger partial charge in [0.2, 0.25) is 0 Å². The van der Waals surface area contributed by atoms with Crippen LogP contribution in [0.4, 0.5) is 0 Å². The Bertz CT molecular complexity index is 509. The average molecular weight is 442 g/mol. The lowest BCUT2D eigenvalue weighted by molar-refractivity contribution is 0.297. The molecule has 5 heteroatoms. The molecule has 3 N–H and O–H groups in total. The third-order valence-electron chi connectivity index (χ3n) is 4.61. The number of guanidine groups is 1. The minimum absolute atomic E-state index is 0. The SMILES string of the molecule is C=CCNC(=NC)NCC1(NC(C)c2ccccc2)CCCC1.I. The maximum absolute atomic E-state index is 4.27. The van der Waals surface area contributed by atoms with Gasteiger partial charge in [0.1, 0.15) is 0 Å². The van der Waals surface area contributed by atoms with E-state index in [1.807, 2.05) is 6.08 Å². The Labute approximate surface area is 163 Å². The van der Waals surface area contributed by atoms with Crippen LogP contribution in [0.5, 0.6) is 0 Å². The van der Waals surface area contributed by atoms with Crippen molar-refractivity contribution < 1.29 is 0 Å². The van der Waals surface area contributed by atoms with Crippen molar-refractivity contribution in [2.45, 2.75) is 44.2 Å². The van der Waals surface area contributed by atoms with Crippen molar-refractivity contribution in [3.05, 3.63) is 48.6 Å². The molecule has 0 bridgehead atoms. The van der Waals surface area contributed by atoms with Crippen LogP contribution in [-0.2, 0) is 0 Å². The molecule has 4 nitrogen and oxygen atoms in total. The van der Waals surface area contributed by atoms with Gasteiger partial charge in [0, 0.05) is 31.7 Å². The molecular weight excluding hydrogens is 411 g/mol. The smallest absolute Gasteiger partial charge is 0.191 e. The van der Waals surface area contributed by atoms with Gasteiger partial charge in [-0.15, -0.1) is 30.6 Å². The molecular formula is C19H31IN4. The molecule has 1 fully saturated rings. The number of nitrogens with zero attached hydrogens (tertiary/aromatic N) is 1. The molecule has 134 valence electrons. The summed E-state index contributed by atoms with van der Waals surface area (Å²) in [5, 5.41) is 10.6. The summed E-state index contributed by atoms with van der Waals surface area (Å²) in [6.07, 6.45) is 6.82. The van der Waals surface area contributed by atoms with E-state index in [-0.39, 0.29) is 29.5 Å². The Balaban J connectivity index is 0.00000288. The molecule has 0 radical (unpaired) electrons. The molecule has 0 aromatic heterocycles. The van der Waals surface area contributed by atoms with E-state index < -0.39 is 0 Å². The van der Waals surface area contributed by atoms with Crippen LogP contribution in [0.15, 0.2) is 48.0 Å². The largest absolute Gasteiger partial charge is 0.355 e. The second-order valence-electron chi connectivity index (χ2n) is 6.36. The lowest BCUT2D eigenvalue weighted by atomic mass is 9.94. The number of hydrogen-bond acceptors (Lipinski definition) is 2. The predicted octanol–water partition coefficient (Wildman–Crippen LogP) is 3.62. The van der Waals surface area contributed by atoms with Crippen molar-refractivity contribution in [2.75, 3.05) is 20.1 Å². The number of benzene rings is 1. The summed E-state index contributed by atoms with van der Waals surface area (Å²) in [5.41, 5.74) is 1.48. The van der Waals surface area contributed by atoms with E-state index >= 15 is 0 Å². The van der Waals surface area contributed by atoms with Gasteiger partial charge >= 0.3 is 0 Å². The topological polar surface area (TPSA) is 48.5 Å². The predicted molar refractivity (Wildman–Crippen MR) is 114 cm³/mol. The van der Waals surface area contributed by atoms with Gasteiger partial charge in [-0.1, -0.05) is 49.2 Å². The van der Waals surface area contributed by atoms with Crippen molar-refractivity contribution in [3.63, 3.8) is 0 Å². The molecule has 24 heavy (non-hydrogen) atoms. The average Bonchev–Trinajstić information content (AvgIpc) is 3.04. The third kappa shape index (κ3) is 6.09. The number of rotatable bonds is 7. The first-order valence-electron chi connectivity index (χ1n) is 8.57. The van der Waals surface area contributed by atoms with Gasteiger partial charge < -0.3 is 16.0 Å². The van der Waals surface area contributed by atoms with Crippen LogP contribution < -0.4 is 16.0 Å². The number of nitrogens with one attached hydrogen (secondary N) is 3. The Morgan fingerprint density at radius 2 is 1.92 bits per heavy atom. The molecule has 1 aliphatic rings. The van der Waals surface area contributed by atoms with Crippen LogP contribution in [0.2, 0.25) is 0 Å². The van der Waals surface area contributed by atoms with Crippen LogP contribution in [0.1, 0.15) is 44.2 Å². The fourth-order valence-electron chi connectivity index (χ4n) is 3.35. The minimum Gasteiger partial charge on any atom is -0.355 e. The Hall–Kier alpha value is -1.08. The Kier molecular flexibility index (Phi) is 9.36. The summed E-state index contributed by atoms with van der Waals surface area (Å²) in [6.45, 7) is 7.60. The molecule has 1 aromatic rings. The van der Waals surface area contributed by atoms with Crippen LogP contribution in [0.3, 0.4) is 0 Å². The molecule has 1 aromatic carbocycles. The van der Waals surface area contributed by atoms with Gasteiger partial charge in [-0.3, -0.25) is 4.99 Å². The highest BCUT2D eigenvalue weighted by Gasteiger charge is 2.35. The minimum atomic E-state index is 0.